The summed E-state index contributed by atoms with van der Waals surface area (Å²) < 4.78 is 18.4. The van der Waals surface area contributed by atoms with Gasteiger partial charge >= 0.3 is 0 Å². The van der Waals surface area contributed by atoms with Gasteiger partial charge in [0.05, 0.1) is 13.2 Å². The van der Waals surface area contributed by atoms with Gasteiger partial charge in [0.1, 0.15) is 0 Å². The number of likely N-dealkylation sites (tertiary alicyclic amines) is 1. The Balaban J connectivity index is 1.75. The third-order valence-electron chi connectivity index (χ3n) is 3.71. The predicted molar refractivity (Wildman–Crippen MR) is 73.0 cm³/mol. The van der Waals surface area contributed by atoms with Gasteiger partial charge in [-0.1, -0.05) is 6.07 Å². The van der Waals surface area contributed by atoms with Crippen molar-refractivity contribution in [2.45, 2.75) is 31.8 Å². The molecule has 19 heavy (non-hydrogen) atoms. The van der Waals surface area contributed by atoms with Gasteiger partial charge in [0.25, 0.3) is 0 Å². The van der Waals surface area contributed by atoms with E-state index < -0.39 is 0 Å². The topological polar surface area (TPSA) is 32.7 Å². The lowest BCUT2D eigenvalue weighted by molar-refractivity contribution is 0.0821. The molecular weight excluding hydrogens is 245 g/mol. The molecule has 0 aliphatic carbocycles. The van der Waals surface area contributed by atoms with Crippen molar-refractivity contribution in [2.24, 2.45) is 0 Å². The van der Waals surface area contributed by atoms with Crippen LogP contribution in [-0.2, 0) is 6.42 Å². The Morgan fingerprint density at radius 1 is 1.37 bits per heavy atom. The number of rotatable bonds is 5. The average molecular weight is 267 g/mol. The molecule has 1 aromatic carbocycles. The summed E-state index contributed by atoms with van der Waals surface area (Å²) in [6.45, 7) is 2.96. The Morgan fingerprint density at radius 3 is 2.74 bits per heavy atom. The van der Waals surface area contributed by atoms with E-state index in [1.165, 1.54) is 7.11 Å². The maximum absolute atomic E-state index is 13.5. The van der Waals surface area contributed by atoms with Crippen LogP contribution in [0.4, 0.5) is 4.39 Å². The van der Waals surface area contributed by atoms with Crippen LogP contribution >= 0.6 is 0 Å². The molecule has 3 nitrogen and oxygen atoms in total. The number of halogens is 1. The van der Waals surface area contributed by atoms with Gasteiger partial charge in [-0.15, -0.1) is 0 Å². The lowest BCUT2D eigenvalue weighted by atomic mass is 10.1. The number of nitrogens with zero attached hydrogens (tertiary/aromatic N) is 1. The van der Waals surface area contributed by atoms with Crippen LogP contribution in [0.2, 0.25) is 0 Å². The molecule has 0 radical (unpaired) electrons. The van der Waals surface area contributed by atoms with Crippen molar-refractivity contribution in [1.82, 2.24) is 4.90 Å². The third kappa shape index (κ3) is 4.18. The van der Waals surface area contributed by atoms with Crippen LogP contribution in [0.5, 0.6) is 5.75 Å². The Labute approximate surface area is 114 Å². The molecule has 1 heterocycles. The van der Waals surface area contributed by atoms with Gasteiger partial charge in [-0.2, -0.15) is 0 Å². The molecule has 0 aromatic heterocycles. The third-order valence-corrected chi connectivity index (χ3v) is 3.71. The van der Waals surface area contributed by atoms with Gasteiger partial charge in [-0.3, -0.25) is 0 Å². The van der Waals surface area contributed by atoms with Crippen LogP contribution in [0.3, 0.4) is 0 Å². The molecule has 4 heteroatoms. The number of hydrogen-bond donors (Lipinski definition) is 1. The van der Waals surface area contributed by atoms with Gasteiger partial charge < -0.3 is 14.7 Å². The first-order valence-corrected chi connectivity index (χ1v) is 6.92. The van der Waals surface area contributed by atoms with Crippen molar-refractivity contribution in [3.05, 3.63) is 29.6 Å². The minimum Gasteiger partial charge on any atom is -0.494 e. The molecule has 0 bridgehead atoms. The number of aliphatic hydroxyl groups is 1. The molecule has 2 rings (SSSR count). The molecule has 0 spiro atoms. The summed E-state index contributed by atoms with van der Waals surface area (Å²) in [5, 5.41) is 9.43. The van der Waals surface area contributed by atoms with Gasteiger partial charge in [-0.05, 0) is 49.9 Å². The first-order chi connectivity index (χ1) is 9.19. The molecule has 0 amide bonds. The van der Waals surface area contributed by atoms with Crippen molar-refractivity contribution in [2.75, 3.05) is 26.7 Å². The maximum Gasteiger partial charge on any atom is 0.165 e. The van der Waals surface area contributed by atoms with Crippen LogP contribution in [0.15, 0.2) is 18.2 Å². The zero-order chi connectivity index (χ0) is 13.7. The Morgan fingerprint density at radius 2 is 2.11 bits per heavy atom. The summed E-state index contributed by atoms with van der Waals surface area (Å²) in [5.41, 5.74) is 1.01. The van der Waals surface area contributed by atoms with Crippen molar-refractivity contribution >= 4 is 0 Å². The van der Waals surface area contributed by atoms with E-state index in [0.717, 1.165) is 50.9 Å². The summed E-state index contributed by atoms with van der Waals surface area (Å²) in [6, 6.07) is 5.16. The number of aliphatic hydroxyl groups excluding tert-OH is 1. The molecule has 1 N–H and O–H groups in total. The second-order valence-electron chi connectivity index (χ2n) is 5.15. The van der Waals surface area contributed by atoms with Crippen LogP contribution < -0.4 is 4.74 Å². The van der Waals surface area contributed by atoms with Crippen LogP contribution in [0.1, 0.15) is 24.8 Å². The summed E-state index contributed by atoms with van der Waals surface area (Å²) >= 11 is 0. The molecular formula is C15H22FNO2. The summed E-state index contributed by atoms with van der Waals surface area (Å²) in [4.78, 5) is 2.37. The molecule has 1 aromatic rings. The highest BCUT2D eigenvalue weighted by molar-refractivity contribution is 5.29. The van der Waals surface area contributed by atoms with E-state index in [1.807, 2.05) is 6.07 Å². The van der Waals surface area contributed by atoms with Crippen molar-refractivity contribution in [3.63, 3.8) is 0 Å². The molecule has 1 aliphatic rings. The van der Waals surface area contributed by atoms with E-state index in [-0.39, 0.29) is 11.9 Å². The van der Waals surface area contributed by atoms with Gasteiger partial charge in [-0.25, -0.2) is 4.39 Å². The number of benzene rings is 1. The molecule has 106 valence electrons. The molecule has 0 atom stereocenters. The molecule has 1 saturated heterocycles. The van der Waals surface area contributed by atoms with E-state index in [4.69, 9.17) is 4.74 Å². The second kappa shape index (κ2) is 6.87. The highest BCUT2D eigenvalue weighted by atomic mass is 19.1. The number of ether oxygens (including phenoxy) is 1. The number of aryl methyl sites for hydroxylation is 1. The SMILES string of the molecule is COc1ccc(CCCN2CCC(O)CC2)cc1F. The first kappa shape index (κ1) is 14.3. The fraction of sp³-hybridized carbons (Fsp3) is 0.600. The zero-order valence-corrected chi connectivity index (χ0v) is 11.4. The van der Waals surface area contributed by atoms with Crippen LogP contribution in [-0.4, -0.2) is 42.9 Å². The second-order valence-corrected chi connectivity index (χ2v) is 5.15. The monoisotopic (exact) mass is 267 g/mol. The fourth-order valence-electron chi connectivity index (χ4n) is 2.52. The quantitative estimate of drug-likeness (QED) is 0.888. The number of piperidine rings is 1. The van der Waals surface area contributed by atoms with Gasteiger partial charge in [0.2, 0.25) is 0 Å². The van der Waals surface area contributed by atoms with E-state index in [1.54, 1.807) is 12.1 Å². The van der Waals surface area contributed by atoms with Gasteiger partial charge in [0.15, 0.2) is 11.6 Å². The van der Waals surface area contributed by atoms with Crippen molar-refractivity contribution < 1.29 is 14.2 Å². The Kier molecular flexibility index (Phi) is 5.16. The van der Waals surface area contributed by atoms with Crippen LogP contribution in [0, 0.1) is 5.82 Å². The van der Waals surface area contributed by atoms with E-state index in [9.17, 15) is 9.50 Å². The zero-order valence-electron chi connectivity index (χ0n) is 11.4. The van der Waals surface area contributed by atoms with E-state index >= 15 is 0 Å². The minimum atomic E-state index is -0.291. The van der Waals surface area contributed by atoms with Crippen molar-refractivity contribution in [1.29, 1.82) is 0 Å². The standard InChI is InChI=1S/C15H22FNO2/c1-19-15-5-4-12(11-14(15)16)3-2-8-17-9-6-13(18)7-10-17/h4-5,11,13,18H,2-3,6-10H2,1H3. The number of methoxy groups -OCH3 is 1. The van der Waals surface area contributed by atoms with E-state index in [2.05, 4.69) is 4.90 Å². The Bertz CT molecular complexity index is 403. The molecule has 0 unspecified atom stereocenters. The number of hydrogen-bond acceptors (Lipinski definition) is 3. The molecule has 1 aliphatic heterocycles. The first-order valence-electron chi connectivity index (χ1n) is 6.92. The smallest absolute Gasteiger partial charge is 0.165 e. The lowest BCUT2D eigenvalue weighted by Crippen LogP contribution is -2.36. The largest absolute Gasteiger partial charge is 0.494 e. The lowest BCUT2D eigenvalue weighted by Gasteiger charge is -2.29. The Hall–Kier alpha value is -1.13. The van der Waals surface area contributed by atoms with Crippen LogP contribution in [0.25, 0.3) is 0 Å². The predicted octanol–water partition coefficient (Wildman–Crippen LogP) is 2.22. The minimum absolute atomic E-state index is 0.119. The normalized spacial score (nSPS) is 17.6. The van der Waals surface area contributed by atoms with Gasteiger partial charge in [0, 0.05) is 13.1 Å². The summed E-state index contributed by atoms with van der Waals surface area (Å²) in [5.74, 6) is 0.00913. The van der Waals surface area contributed by atoms with E-state index in [0.29, 0.717) is 5.75 Å². The highest BCUT2D eigenvalue weighted by Crippen LogP contribution is 2.19. The maximum atomic E-state index is 13.5. The average Bonchev–Trinajstić information content (AvgIpc) is 2.41. The summed E-state index contributed by atoms with van der Waals surface area (Å²) in [6.07, 6.45) is 3.52. The van der Waals surface area contributed by atoms with Crippen molar-refractivity contribution in [3.8, 4) is 5.75 Å². The fourth-order valence-corrected chi connectivity index (χ4v) is 2.52. The highest BCUT2D eigenvalue weighted by Gasteiger charge is 2.16. The summed E-state index contributed by atoms with van der Waals surface area (Å²) in [7, 11) is 1.48. The molecule has 1 fully saturated rings. The molecule has 0 saturated carbocycles.